The Balaban J connectivity index is 1.71. The highest BCUT2D eigenvalue weighted by Gasteiger charge is 2.21. The van der Waals surface area contributed by atoms with Crippen LogP contribution in [0.2, 0.25) is 0 Å². The lowest BCUT2D eigenvalue weighted by atomic mass is 10.2. The smallest absolute Gasteiger partial charge is 0.264 e. The van der Waals surface area contributed by atoms with E-state index in [0.29, 0.717) is 22.8 Å². The summed E-state index contributed by atoms with van der Waals surface area (Å²) in [6, 6.07) is 13.9. The number of aromatic nitrogens is 2. The number of amides is 1. The number of hydrogen-bond donors (Lipinski definition) is 2. The molecule has 3 aromatic rings. The van der Waals surface area contributed by atoms with Crippen molar-refractivity contribution < 1.29 is 21.6 Å². The van der Waals surface area contributed by atoms with Crippen LogP contribution in [0, 0.1) is 20.8 Å². The molecule has 10 nitrogen and oxygen atoms in total. The summed E-state index contributed by atoms with van der Waals surface area (Å²) >= 11 is 0. The van der Waals surface area contributed by atoms with Crippen LogP contribution in [0.1, 0.15) is 17.0 Å². The lowest BCUT2D eigenvalue weighted by Crippen LogP contribution is -2.37. The Hall–Kier alpha value is -3.51. The first-order chi connectivity index (χ1) is 15.8. The van der Waals surface area contributed by atoms with Crippen molar-refractivity contribution in [2.24, 2.45) is 0 Å². The molecule has 1 heterocycles. The molecule has 0 spiro atoms. The van der Waals surface area contributed by atoms with Crippen LogP contribution in [-0.4, -0.2) is 45.5 Å². The van der Waals surface area contributed by atoms with E-state index >= 15 is 0 Å². The Morgan fingerprint density at radius 2 is 1.44 bits per heavy atom. The van der Waals surface area contributed by atoms with Gasteiger partial charge in [0, 0.05) is 17.1 Å². The molecule has 12 heteroatoms. The van der Waals surface area contributed by atoms with Gasteiger partial charge < -0.3 is 5.32 Å². The van der Waals surface area contributed by atoms with Gasteiger partial charge >= 0.3 is 0 Å². The molecule has 2 aromatic carbocycles. The van der Waals surface area contributed by atoms with Crippen molar-refractivity contribution in [1.82, 2.24) is 9.97 Å². The molecule has 0 atom stereocenters. The molecular formula is C22H25N5O5S2. The van der Waals surface area contributed by atoms with E-state index in [-0.39, 0.29) is 10.8 Å². The zero-order chi connectivity index (χ0) is 25.1. The first kappa shape index (κ1) is 25.1. The van der Waals surface area contributed by atoms with Gasteiger partial charge in [-0.2, -0.15) is 0 Å². The SMILES string of the molecule is Cc1ccc(N(CC(=O)Nc2ccc(S(=O)(=O)Nc3nc(C)cc(C)n3)cc2)S(C)(=O)=O)cc1. The summed E-state index contributed by atoms with van der Waals surface area (Å²) in [7, 11) is -7.65. The summed E-state index contributed by atoms with van der Waals surface area (Å²) in [5.74, 6) is -0.616. The van der Waals surface area contributed by atoms with Gasteiger partial charge in [-0.3, -0.25) is 9.10 Å². The normalized spacial score (nSPS) is 11.6. The molecule has 0 aliphatic carbocycles. The number of nitrogens with zero attached hydrogens (tertiary/aromatic N) is 3. The Kier molecular flexibility index (Phi) is 7.22. The Morgan fingerprint density at radius 1 is 0.882 bits per heavy atom. The maximum absolute atomic E-state index is 12.6. The summed E-state index contributed by atoms with van der Waals surface area (Å²) in [6.45, 7) is 4.89. The van der Waals surface area contributed by atoms with Gasteiger partial charge in [-0.25, -0.2) is 31.5 Å². The third-order valence-electron chi connectivity index (χ3n) is 4.67. The highest BCUT2D eigenvalue weighted by Crippen LogP contribution is 2.20. The molecule has 1 amide bonds. The number of benzene rings is 2. The van der Waals surface area contributed by atoms with E-state index in [2.05, 4.69) is 20.0 Å². The van der Waals surface area contributed by atoms with Gasteiger partial charge in [-0.1, -0.05) is 17.7 Å². The Morgan fingerprint density at radius 3 is 1.97 bits per heavy atom. The minimum atomic E-state index is -3.95. The van der Waals surface area contributed by atoms with E-state index in [1.807, 2.05) is 6.92 Å². The summed E-state index contributed by atoms with van der Waals surface area (Å²) in [5, 5.41) is 2.58. The van der Waals surface area contributed by atoms with Gasteiger partial charge in [0.1, 0.15) is 6.54 Å². The first-order valence-electron chi connectivity index (χ1n) is 10.1. The van der Waals surface area contributed by atoms with Crippen molar-refractivity contribution in [3.05, 3.63) is 71.5 Å². The molecule has 180 valence electrons. The van der Waals surface area contributed by atoms with Gasteiger partial charge in [0.2, 0.25) is 21.9 Å². The second kappa shape index (κ2) is 9.77. The number of anilines is 3. The molecule has 0 aliphatic rings. The summed E-state index contributed by atoms with van der Waals surface area (Å²) < 4.78 is 53.0. The van der Waals surface area contributed by atoms with Gasteiger partial charge in [-0.05, 0) is 63.2 Å². The Bertz CT molecular complexity index is 1380. The molecule has 2 N–H and O–H groups in total. The van der Waals surface area contributed by atoms with E-state index in [1.165, 1.54) is 24.3 Å². The van der Waals surface area contributed by atoms with Crippen molar-refractivity contribution in [2.45, 2.75) is 25.7 Å². The molecule has 1 aromatic heterocycles. The first-order valence-corrected chi connectivity index (χ1v) is 13.5. The molecule has 0 unspecified atom stereocenters. The van der Waals surface area contributed by atoms with Crippen molar-refractivity contribution in [3.63, 3.8) is 0 Å². The average molecular weight is 504 g/mol. The number of rotatable bonds is 8. The third kappa shape index (κ3) is 6.51. The van der Waals surface area contributed by atoms with E-state index < -0.39 is 32.5 Å². The maximum atomic E-state index is 12.6. The number of nitrogens with one attached hydrogen (secondary N) is 2. The van der Waals surface area contributed by atoms with Crippen LogP contribution >= 0.6 is 0 Å². The van der Waals surface area contributed by atoms with Crippen LogP contribution in [0.5, 0.6) is 0 Å². The number of carbonyl (C=O) groups excluding carboxylic acids is 1. The fraction of sp³-hybridized carbons (Fsp3) is 0.227. The third-order valence-corrected chi connectivity index (χ3v) is 7.15. The van der Waals surface area contributed by atoms with Gasteiger partial charge in [-0.15, -0.1) is 0 Å². The van der Waals surface area contributed by atoms with Crippen LogP contribution in [0.25, 0.3) is 0 Å². The van der Waals surface area contributed by atoms with E-state index in [0.717, 1.165) is 16.1 Å². The second-order valence-electron chi connectivity index (χ2n) is 7.76. The van der Waals surface area contributed by atoms with Crippen LogP contribution < -0.4 is 14.3 Å². The highest BCUT2D eigenvalue weighted by molar-refractivity contribution is 7.92. The monoisotopic (exact) mass is 503 g/mol. The standard InChI is InChI=1S/C22H25N5O5S2/c1-15-5-9-19(10-6-15)27(33(4,29)30)14-21(28)25-18-7-11-20(12-8-18)34(31,32)26-22-23-16(2)13-17(3)24-22/h5-13H,14H2,1-4H3,(H,25,28)(H,23,24,26). The Labute approximate surface area is 199 Å². The second-order valence-corrected chi connectivity index (χ2v) is 11.3. The van der Waals surface area contributed by atoms with Crippen LogP contribution in [0.4, 0.5) is 17.3 Å². The van der Waals surface area contributed by atoms with Gasteiger partial charge in [0.15, 0.2) is 0 Å². The predicted octanol–water partition coefficient (Wildman–Crippen LogP) is 2.61. The molecule has 0 radical (unpaired) electrons. The van der Waals surface area contributed by atoms with Gasteiger partial charge in [0.25, 0.3) is 10.0 Å². The minimum Gasteiger partial charge on any atom is -0.325 e. The highest BCUT2D eigenvalue weighted by atomic mass is 32.2. The summed E-state index contributed by atoms with van der Waals surface area (Å²) in [6.07, 6.45) is 1.02. The van der Waals surface area contributed by atoms with E-state index in [9.17, 15) is 21.6 Å². The largest absolute Gasteiger partial charge is 0.325 e. The zero-order valence-electron chi connectivity index (χ0n) is 19.1. The van der Waals surface area contributed by atoms with Crippen molar-refractivity contribution >= 4 is 43.3 Å². The minimum absolute atomic E-state index is 0.0353. The molecular weight excluding hydrogens is 478 g/mol. The maximum Gasteiger partial charge on any atom is 0.264 e. The van der Waals surface area contributed by atoms with Crippen molar-refractivity contribution in [3.8, 4) is 0 Å². The number of hydrogen-bond acceptors (Lipinski definition) is 7. The van der Waals surface area contributed by atoms with E-state index in [4.69, 9.17) is 0 Å². The topological polar surface area (TPSA) is 138 Å². The number of carbonyl (C=O) groups is 1. The molecule has 0 bridgehead atoms. The number of sulfonamides is 2. The summed E-state index contributed by atoms with van der Waals surface area (Å²) in [5.41, 5.74) is 2.87. The molecule has 0 saturated heterocycles. The van der Waals surface area contributed by atoms with Crippen molar-refractivity contribution in [1.29, 1.82) is 0 Å². The molecule has 0 aliphatic heterocycles. The fourth-order valence-corrected chi connectivity index (χ4v) is 4.91. The average Bonchev–Trinajstić information content (AvgIpc) is 2.71. The van der Waals surface area contributed by atoms with Crippen LogP contribution in [0.15, 0.2) is 59.5 Å². The zero-order valence-corrected chi connectivity index (χ0v) is 20.7. The molecule has 3 rings (SSSR count). The lowest BCUT2D eigenvalue weighted by Gasteiger charge is -2.22. The quantitative estimate of drug-likeness (QED) is 0.482. The van der Waals surface area contributed by atoms with Gasteiger partial charge in [0.05, 0.1) is 16.8 Å². The van der Waals surface area contributed by atoms with Crippen LogP contribution in [0.3, 0.4) is 0 Å². The molecule has 0 fully saturated rings. The lowest BCUT2D eigenvalue weighted by molar-refractivity contribution is -0.114. The predicted molar refractivity (Wildman–Crippen MR) is 131 cm³/mol. The molecule has 34 heavy (non-hydrogen) atoms. The fourth-order valence-electron chi connectivity index (χ4n) is 3.11. The molecule has 0 saturated carbocycles. The van der Waals surface area contributed by atoms with Crippen LogP contribution in [-0.2, 0) is 24.8 Å². The summed E-state index contributed by atoms with van der Waals surface area (Å²) in [4.78, 5) is 20.6. The van der Waals surface area contributed by atoms with Crippen molar-refractivity contribution in [2.75, 3.05) is 27.1 Å². The number of aryl methyl sites for hydroxylation is 3. The van der Waals surface area contributed by atoms with E-state index in [1.54, 1.807) is 44.2 Å².